The first kappa shape index (κ1) is 24.5. The zero-order valence-electron chi connectivity index (χ0n) is 19.3. The minimum atomic E-state index is -1.20. The Morgan fingerprint density at radius 1 is 1.41 bits per heavy atom. The minimum absolute atomic E-state index is 0.0619. The monoisotopic (exact) mass is 540 g/mol. The molecule has 2 aliphatic rings. The number of rotatable bonds is 9. The summed E-state index contributed by atoms with van der Waals surface area (Å²) in [4.78, 5) is 48.8. The third kappa shape index (κ3) is 4.56. The van der Waals surface area contributed by atoms with Crippen LogP contribution in [0.5, 0.6) is 0 Å². The smallest absolute Gasteiger partial charge is 0.352 e. The summed E-state index contributed by atoms with van der Waals surface area (Å²) in [6.07, 6.45) is 5.20. The Kier molecular flexibility index (Phi) is 6.67. The number of carbonyl (C=O) groups is 3. The number of nitrogens with zero attached hydrogens (tertiary/aromatic N) is 5. The van der Waals surface area contributed by atoms with Crippen LogP contribution in [-0.4, -0.2) is 66.8 Å². The van der Waals surface area contributed by atoms with Crippen LogP contribution in [0.1, 0.15) is 5.69 Å². The van der Waals surface area contributed by atoms with Crippen molar-refractivity contribution in [3.63, 3.8) is 0 Å². The number of carboxylic acid groups (broad SMARTS) is 1. The molecule has 2 aliphatic heterocycles. The van der Waals surface area contributed by atoms with Gasteiger partial charge < -0.3 is 21.0 Å². The van der Waals surface area contributed by atoms with Gasteiger partial charge in [-0.3, -0.25) is 14.5 Å². The molecule has 2 atom stereocenters. The van der Waals surface area contributed by atoms with Gasteiger partial charge in [0, 0.05) is 22.8 Å². The molecule has 2 amide bonds. The van der Waals surface area contributed by atoms with Crippen molar-refractivity contribution in [1.29, 1.82) is 0 Å². The van der Waals surface area contributed by atoms with E-state index >= 15 is 0 Å². The van der Waals surface area contributed by atoms with E-state index in [1.165, 1.54) is 22.7 Å². The summed E-state index contributed by atoms with van der Waals surface area (Å²) in [6.45, 7) is 3.89. The number of nitrogen functional groups attached to an aromatic ring is 1. The average Bonchev–Trinajstić information content (AvgIpc) is 3.50. The number of amides is 2. The number of carbonyl (C=O) groups excluding carboxylic acids is 2. The van der Waals surface area contributed by atoms with E-state index in [0.717, 1.165) is 16.9 Å². The molecule has 14 heteroatoms. The fourth-order valence-electron chi connectivity index (χ4n) is 4.14. The number of thioether (sulfide) groups is 1. The molecule has 0 aliphatic carbocycles. The van der Waals surface area contributed by atoms with Crippen molar-refractivity contribution in [2.75, 3.05) is 18.1 Å². The number of carboxylic acids is 1. The number of nitrogens with one attached hydrogen (secondary N) is 1. The van der Waals surface area contributed by atoms with Crippen LogP contribution in [0.4, 0.5) is 5.13 Å². The Morgan fingerprint density at radius 2 is 2.24 bits per heavy atom. The van der Waals surface area contributed by atoms with Crippen molar-refractivity contribution in [3.8, 4) is 0 Å². The van der Waals surface area contributed by atoms with Gasteiger partial charge in [-0.1, -0.05) is 23.9 Å². The van der Waals surface area contributed by atoms with E-state index in [4.69, 9.17) is 10.6 Å². The quantitative estimate of drug-likeness (QED) is 0.0891. The molecule has 12 nitrogen and oxygen atoms in total. The maximum absolute atomic E-state index is 13.1. The predicted molar refractivity (Wildman–Crippen MR) is 136 cm³/mol. The van der Waals surface area contributed by atoms with Crippen LogP contribution >= 0.6 is 23.1 Å². The lowest BCUT2D eigenvalue weighted by Gasteiger charge is -2.49. The predicted octanol–water partition coefficient (Wildman–Crippen LogP) is 0.611. The van der Waals surface area contributed by atoms with Crippen LogP contribution in [-0.2, 0) is 25.8 Å². The Hall–Kier alpha value is -4.17. The van der Waals surface area contributed by atoms with Gasteiger partial charge >= 0.3 is 5.97 Å². The van der Waals surface area contributed by atoms with E-state index in [0.29, 0.717) is 17.9 Å². The molecule has 5 heterocycles. The number of pyridine rings is 1. The van der Waals surface area contributed by atoms with Gasteiger partial charge in [0.05, 0.1) is 6.20 Å². The number of aromatic nitrogens is 3. The lowest BCUT2D eigenvalue weighted by molar-refractivity contribution is -0.753. The molecule has 190 valence electrons. The lowest BCUT2D eigenvalue weighted by Crippen LogP contribution is -2.71. The van der Waals surface area contributed by atoms with Gasteiger partial charge in [-0.05, 0) is 12.1 Å². The van der Waals surface area contributed by atoms with Gasteiger partial charge in [0.2, 0.25) is 0 Å². The highest BCUT2D eigenvalue weighted by atomic mass is 32.2. The first-order chi connectivity index (χ1) is 17.9. The number of hydrogen-bond acceptors (Lipinski definition) is 9. The summed E-state index contributed by atoms with van der Waals surface area (Å²) < 4.78 is 3.79. The number of anilines is 1. The summed E-state index contributed by atoms with van der Waals surface area (Å²) in [5.41, 5.74) is 7.24. The summed E-state index contributed by atoms with van der Waals surface area (Å²) in [5.74, 6) is -2.02. The SMILES string of the molecule is C=CCO/N=C(/C(=O)N[C@@H]1C(=O)N2C(C(=O)O)=C(C[n+]3ccc4ccccn43)CS[C@H]12)c1csc(N)n1. The molecule has 0 bridgehead atoms. The van der Waals surface area contributed by atoms with Gasteiger partial charge in [-0.2, -0.15) is 0 Å². The summed E-state index contributed by atoms with van der Waals surface area (Å²) in [6, 6.07) is 6.74. The zero-order valence-corrected chi connectivity index (χ0v) is 20.9. The van der Waals surface area contributed by atoms with Crippen molar-refractivity contribution in [2.24, 2.45) is 5.16 Å². The Labute approximate surface area is 218 Å². The largest absolute Gasteiger partial charge is 0.477 e. The van der Waals surface area contributed by atoms with Gasteiger partial charge in [-0.25, -0.2) is 9.78 Å². The summed E-state index contributed by atoms with van der Waals surface area (Å²) in [7, 11) is 0. The molecule has 0 saturated carbocycles. The molecule has 3 aromatic heterocycles. The third-order valence-electron chi connectivity index (χ3n) is 5.78. The maximum Gasteiger partial charge on any atom is 0.352 e. The van der Waals surface area contributed by atoms with Crippen molar-refractivity contribution in [1.82, 2.24) is 19.7 Å². The third-order valence-corrected chi connectivity index (χ3v) is 7.79. The lowest BCUT2D eigenvalue weighted by atomic mass is 10.0. The van der Waals surface area contributed by atoms with E-state index in [1.54, 1.807) is 5.38 Å². The van der Waals surface area contributed by atoms with E-state index in [-0.39, 0.29) is 28.8 Å². The van der Waals surface area contributed by atoms with Crippen LogP contribution in [0.2, 0.25) is 0 Å². The van der Waals surface area contributed by atoms with Crippen LogP contribution in [0, 0.1) is 0 Å². The van der Waals surface area contributed by atoms with Crippen molar-refractivity contribution in [2.45, 2.75) is 18.0 Å². The number of aliphatic carboxylic acids is 1. The zero-order chi connectivity index (χ0) is 26.1. The molecule has 0 radical (unpaired) electrons. The second kappa shape index (κ2) is 10.1. The van der Waals surface area contributed by atoms with Crippen LogP contribution in [0.15, 0.2) is 71.1 Å². The van der Waals surface area contributed by atoms with Crippen LogP contribution < -0.4 is 15.7 Å². The Balaban J connectivity index is 1.36. The number of hydrogen-bond donors (Lipinski definition) is 3. The molecule has 3 aromatic rings. The molecule has 1 fully saturated rings. The Morgan fingerprint density at radius 3 is 2.97 bits per heavy atom. The number of fused-ring (bicyclic) bond motifs is 2. The first-order valence-corrected chi connectivity index (χ1v) is 13.0. The van der Waals surface area contributed by atoms with Gasteiger partial charge in [-0.15, -0.1) is 32.3 Å². The molecule has 37 heavy (non-hydrogen) atoms. The molecule has 0 unspecified atom stereocenters. The van der Waals surface area contributed by atoms with Crippen LogP contribution in [0.3, 0.4) is 0 Å². The highest BCUT2D eigenvalue weighted by Crippen LogP contribution is 2.40. The standard InChI is InChI=1S/C23H21N7O5S2/c1-2-9-35-27-16(15-12-37-23(24)25-15)19(31)26-17-20(32)30-18(22(33)34)13(11-36-21(17)30)10-28-8-6-14-5-3-4-7-29(14)28/h2-8,12,17,21H,1,9-11H2,(H3-,24,25,26,31,33,34)/p+1/b27-16+/t17-,21-/m1/s1. The highest BCUT2D eigenvalue weighted by Gasteiger charge is 2.55. The first-order valence-electron chi connectivity index (χ1n) is 11.1. The van der Waals surface area contributed by atoms with E-state index < -0.39 is 29.2 Å². The molecule has 0 aromatic carbocycles. The fraction of sp³-hybridized carbons (Fsp3) is 0.217. The Bertz CT molecular complexity index is 1480. The molecule has 1 saturated heterocycles. The highest BCUT2D eigenvalue weighted by molar-refractivity contribution is 8.00. The molecule has 0 spiro atoms. The average molecular weight is 541 g/mol. The van der Waals surface area contributed by atoms with E-state index in [9.17, 15) is 19.5 Å². The second-order valence-corrected chi connectivity index (χ2v) is 10.1. The van der Waals surface area contributed by atoms with Crippen molar-refractivity contribution >= 4 is 57.2 Å². The fourth-order valence-corrected chi connectivity index (χ4v) is 6.03. The van der Waals surface area contributed by atoms with Gasteiger partial charge in [0.25, 0.3) is 11.8 Å². The molecular weight excluding hydrogens is 518 g/mol. The summed E-state index contributed by atoms with van der Waals surface area (Å²) >= 11 is 2.51. The van der Waals surface area contributed by atoms with Gasteiger partial charge in [0.15, 0.2) is 23.6 Å². The second-order valence-electron chi connectivity index (χ2n) is 8.10. The number of nitrogens with two attached hydrogens (primary N) is 1. The number of β-lactam (4-membered cyclic amide) rings is 1. The van der Waals surface area contributed by atoms with E-state index in [1.807, 2.05) is 45.9 Å². The molecular formula is C23H22N7O5S2+. The topological polar surface area (TPSA) is 156 Å². The molecule has 5 rings (SSSR count). The summed E-state index contributed by atoms with van der Waals surface area (Å²) in [5, 5.41) is 17.7. The normalized spacial score (nSPS) is 19.4. The number of oxime groups is 1. The number of thiazole rings is 1. The maximum atomic E-state index is 13.1. The van der Waals surface area contributed by atoms with Crippen molar-refractivity contribution in [3.05, 3.63) is 71.7 Å². The minimum Gasteiger partial charge on any atom is -0.477 e. The van der Waals surface area contributed by atoms with Crippen LogP contribution in [0.25, 0.3) is 5.52 Å². The van der Waals surface area contributed by atoms with E-state index in [2.05, 4.69) is 22.0 Å². The van der Waals surface area contributed by atoms with Gasteiger partial charge in [0.1, 0.15) is 34.9 Å². The van der Waals surface area contributed by atoms with Crippen molar-refractivity contribution < 1.29 is 29.0 Å². The molecule has 4 N–H and O–H groups in total.